The number of nitro benzene ring substituents is 1. The molecule has 0 aliphatic heterocycles. The number of nitro groups is 1. The number of hydrogen-bond donors (Lipinski definition) is 1. The number of halogens is 1. The van der Waals surface area contributed by atoms with Crippen molar-refractivity contribution in [2.45, 2.75) is 13.3 Å². The molecule has 0 saturated carbocycles. The number of phenolic OH excluding ortho intramolecular Hbond substituents is 1. The van der Waals surface area contributed by atoms with Gasteiger partial charge in [0.25, 0.3) is 0 Å². The lowest BCUT2D eigenvalue weighted by Gasteiger charge is -2.01. The van der Waals surface area contributed by atoms with Gasteiger partial charge in [-0.25, -0.2) is 0 Å². The highest BCUT2D eigenvalue weighted by molar-refractivity contribution is 6.33. The fourth-order valence-corrected chi connectivity index (χ4v) is 1.33. The minimum Gasteiger partial charge on any atom is -0.502 e. The third kappa shape index (κ3) is 1.89. The quantitative estimate of drug-likeness (QED) is 0.591. The largest absolute Gasteiger partial charge is 0.502 e. The molecule has 0 atom stereocenters. The Labute approximate surface area is 79.9 Å². The van der Waals surface area contributed by atoms with Gasteiger partial charge in [-0.2, -0.15) is 0 Å². The van der Waals surface area contributed by atoms with Crippen molar-refractivity contribution in [3.8, 4) is 5.75 Å². The van der Waals surface area contributed by atoms with Gasteiger partial charge in [0.05, 0.1) is 4.92 Å². The summed E-state index contributed by atoms with van der Waals surface area (Å²) in [7, 11) is 0. The highest BCUT2D eigenvalue weighted by atomic mass is 35.5. The van der Waals surface area contributed by atoms with E-state index in [1.165, 1.54) is 12.1 Å². The van der Waals surface area contributed by atoms with Crippen molar-refractivity contribution in [1.82, 2.24) is 0 Å². The number of benzene rings is 1. The summed E-state index contributed by atoms with van der Waals surface area (Å²) in [5, 5.41) is 19.6. The number of phenols is 1. The number of nitrogens with zero attached hydrogens (tertiary/aromatic N) is 1. The Morgan fingerprint density at radius 1 is 1.62 bits per heavy atom. The Bertz CT molecular complexity index is 328. The van der Waals surface area contributed by atoms with E-state index < -0.39 is 10.6 Å². The third-order valence-corrected chi connectivity index (χ3v) is 1.98. The Kier molecular flexibility index (Phi) is 2.72. The van der Waals surface area contributed by atoms with Crippen molar-refractivity contribution < 1.29 is 10.0 Å². The van der Waals surface area contributed by atoms with Crippen LogP contribution in [0.5, 0.6) is 5.75 Å². The third-order valence-electron chi connectivity index (χ3n) is 1.69. The lowest BCUT2D eigenvalue weighted by molar-refractivity contribution is -0.385. The smallest absolute Gasteiger partial charge is 0.329 e. The molecule has 0 aliphatic rings. The minimum absolute atomic E-state index is 0.0261. The van der Waals surface area contributed by atoms with Crippen LogP contribution < -0.4 is 0 Å². The van der Waals surface area contributed by atoms with E-state index in [0.29, 0.717) is 6.42 Å². The van der Waals surface area contributed by atoms with Crippen LogP contribution in [0.2, 0.25) is 5.02 Å². The number of hydrogen-bond acceptors (Lipinski definition) is 3. The maximum Gasteiger partial charge on any atom is 0.329 e. The van der Waals surface area contributed by atoms with Crippen molar-refractivity contribution in [2.75, 3.05) is 0 Å². The van der Waals surface area contributed by atoms with Crippen LogP contribution in [0.15, 0.2) is 12.1 Å². The molecule has 0 spiro atoms. The first-order valence-corrected chi connectivity index (χ1v) is 4.09. The summed E-state index contributed by atoms with van der Waals surface area (Å²) in [6.45, 7) is 1.87. The van der Waals surface area contributed by atoms with Gasteiger partial charge in [-0.05, 0) is 24.1 Å². The second-order valence-electron chi connectivity index (χ2n) is 2.56. The normalized spacial score (nSPS) is 10.0. The second kappa shape index (κ2) is 3.62. The molecule has 0 fully saturated rings. The summed E-state index contributed by atoms with van der Waals surface area (Å²) < 4.78 is 0. The predicted molar refractivity (Wildman–Crippen MR) is 49.1 cm³/mol. The standard InChI is InChI=1S/C8H8ClNO3/c1-2-5-3-6(9)8(10(12)13)7(11)4-5/h3-4,11H,2H2,1H3. The number of aromatic hydroxyl groups is 1. The summed E-state index contributed by atoms with van der Waals surface area (Å²) in [4.78, 5) is 9.71. The van der Waals surface area contributed by atoms with E-state index in [2.05, 4.69) is 0 Å². The summed E-state index contributed by atoms with van der Waals surface area (Å²) in [6.07, 6.45) is 0.672. The zero-order valence-corrected chi connectivity index (χ0v) is 7.71. The van der Waals surface area contributed by atoms with Crippen molar-refractivity contribution in [3.63, 3.8) is 0 Å². The van der Waals surface area contributed by atoms with E-state index in [0.717, 1.165) is 5.56 Å². The van der Waals surface area contributed by atoms with Crippen molar-refractivity contribution in [1.29, 1.82) is 0 Å². The van der Waals surface area contributed by atoms with Crippen molar-refractivity contribution >= 4 is 17.3 Å². The summed E-state index contributed by atoms with van der Waals surface area (Å²) in [5.74, 6) is -0.380. The molecule has 5 heteroatoms. The lowest BCUT2D eigenvalue weighted by Crippen LogP contribution is -1.91. The zero-order valence-electron chi connectivity index (χ0n) is 6.95. The molecule has 1 rings (SSSR count). The Balaban J connectivity index is 3.31. The molecule has 70 valence electrons. The van der Waals surface area contributed by atoms with Gasteiger partial charge in [0.1, 0.15) is 5.02 Å². The second-order valence-corrected chi connectivity index (χ2v) is 2.96. The first-order valence-electron chi connectivity index (χ1n) is 3.72. The van der Waals surface area contributed by atoms with Crippen LogP contribution >= 0.6 is 11.6 Å². The van der Waals surface area contributed by atoms with Gasteiger partial charge < -0.3 is 5.11 Å². The van der Waals surface area contributed by atoms with E-state index >= 15 is 0 Å². The van der Waals surface area contributed by atoms with E-state index in [-0.39, 0.29) is 10.8 Å². The SMILES string of the molecule is CCc1cc(O)c([N+](=O)[O-])c(Cl)c1. The zero-order chi connectivity index (χ0) is 10.0. The molecule has 1 aromatic rings. The van der Waals surface area contributed by atoms with Crippen LogP contribution in [0.25, 0.3) is 0 Å². The topological polar surface area (TPSA) is 63.4 Å². The molecular weight excluding hydrogens is 194 g/mol. The molecule has 0 aliphatic carbocycles. The fourth-order valence-electron chi connectivity index (χ4n) is 1.02. The molecule has 0 radical (unpaired) electrons. The van der Waals surface area contributed by atoms with Crippen LogP contribution in [0.1, 0.15) is 12.5 Å². The number of aryl methyl sites for hydroxylation is 1. The first kappa shape index (κ1) is 9.80. The van der Waals surface area contributed by atoms with E-state index in [9.17, 15) is 15.2 Å². The maximum absolute atomic E-state index is 10.4. The molecule has 4 nitrogen and oxygen atoms in total. The van der Waals surface area contributed by atoms with Gasteiger partial charge in [0.15, 0.2) is 5.75 Å². The molecule has 1 N–H and O–H groups in total. The van der Waals surface area contributed by atoms with Gasteiger partial charge in [0.2, 0.25) is 0 Å². The summed E-state index contributed by atoms with van der Waals surface area (Å²) in [5.41, 5.74) is 0.340. The Hall–Kier alpha value is -1.29. The molecular formula is C8H8ClNO3. The molecule has 0 heterocycles. The molecule has 0 bridgehead atoms. The van der Waals surface area contributed by atoms with Gasteiger partial charge in [0, 0.05) is 0 Å². The van der Waals surface area contributed by atoms with E-state index in [1.807, 2.05) is 6.92 Å². The summed E-state index contributed by atoms with van der Waals surface area (Å²) >= 11 is 5.61. The Morgan fingerprint density at radius 2 is 2.23 bits per heavy atom. The molecule has 1 aromatic carbocycles. The van der Waals surface area contributed by atoms with Crippen molar-refractivity contribution in [2.24, 2.45) is 0 Å². The van der Waals surface area contributed by atoms with Crippen LogP contribution in [-0.2, 0) is 6.42 Å². The van der Waals surface area contributed by atoms with Crippen LogP contribution in [0.4, 0.5) is 5.69 Å². The predicted octanol–water partition coefficient (Wildman–Crippen LogP) is 2.52. The maximum atomic E-state index is 10.4. The molecule has 0 aromatic heterocycles. The first-order chi connectivity index (χ1) is 6.06. The van der Waals surface area contributed by atoms with Crippen molar-refractivity contribution in [3.05, 3.63) is 32.8 Å². The average Bonchev–Trinajstić information content (AvgIpc) is 2.02. The highest BCUT2D eigenvalue weighted by Crippen LogP contribution is 2.34. The lowest BCUT2D eigenvalue weighted by atomic mass is 10.1. The van der Waals surface area contributed by atoms with E-state index in [1.54, 1.807) is 0 Å². The van der Waals surface area contributed by atoms with Gasteiger partial charge in [-0.3, -0.25) is 10.1 Å². The molecule has 0 unspecified atom stereocenters. The van der Waals surface area contributed by atoms with Crippen LogP contribution in [-0.4, -0.2) is 10.0 Å². The van der Waals surface area contributed by atoms with Crippen LogP contribution in [0.3, 0.4) is 0 Å². The molecule has 0 amide bonds. The molecule has 0 saturated heterocycles. The van der Waals surface area contributed by atoms with Crippen LogP contribution in [0, 0.1) is 10.1 Å². The van der Waals surface area contributed by atoms with Gasteiger partial charge >= 0.3 is 5.69 Å². The molecule has 13 heavy (non-hydrogen) atoms. The Morgan fingerprint density at radius 3 is 2.62 bits per heavy atom. The summed E-state index contributed by atoms with van der Waals surface area (Å²) in [6, 6.07) is 2.84. The monoisotopic (exact) mass is 201 g/mol. The number of rotatable bonds is 2. The average molecular weight is 202 g/mol. The highest BCUT2D eigenvalue weighted by Gasteiger charge is 2.18. The van der Waals surface area contributed by atoms with E-state index in [4.69, 9.17) is 11.6 Å². The fraction of sp³-hybridized carbons (Fsp3) is 0.250. The minimum atomic E-state index is -0.697. The van der Waals surface area contributed by atoms with Gasteiger partial charge in [-0.15, -0.1) is 0 Å². The van der Waals surface area contributed by atoms with Gasteiger partial charge in [-0.1, -0.05) is 18.5 Å².